The molecule has 0 bridgehead atoms. The number of benzene rings is 1. The number of ether oxygens (including phenoxy) is 1. The predicted octanol–water partition coefficient (Wildman–Crippen LogP) is 2.17. The minimum absolute atomic E-state index is 0.0530. The molecule has 28 heavy (non-hydrogen) atoms. The molecule has 3 aliphatic rings. The van der Waals surface area contributed by atoms with Crippen LogP contribution in [0.3, 0.4) is 0 Å². The van der Waals surface area contributed by atoms with E-state index in [1.807, 2.05) is 0 Å². The molecular formula is C22H29FN2O3. The summed E-state index contributed by atoms with van der Waals surface area (Å²) in [7, 11) is 0. The molecule has 1 aromatic carbocycles. The Morgan fingerprint density at radius 3 is 2.68 bits per heavy atom. The molecule has 5 nitrogen and oxygen atoms in total. The van der Waals surface area contributed by atoms with Gasteiger partial charge in [0.1, 0.15) is 5.82 Å². The van der Waals surface area contributed by atoms with Gasteiger partial charge in [-0.15, -0.1) is 0 Å². The summed E-state index contributed by atoms with van der Waals surface area (Å²) >= 11 is 0. The minimum atomic E-state index is -0.562. The maximum absolute atomic E-state index is 14.5. The molecule has 3 fully saturated rings. The summed E-state index contributed by atoms with van der Waals surface area (Å²) in [5.74, 6) is -0.155. The highest BCUT2D eigenvalue weighted by atomic mass is 19.1. The number of hydrogen-bond donors (Lipinski definition) is 1. The molecule has 0 radical (unpaired) electrons. The minimum Gasteiger partial charge on any atom is -0.389 e. The van der Waals surface area contributed by atoms with Gasteiger partial charge in [-0.2, -0.15) is 0 Å². The molecule has 2 atom stereocenters. The molecule has 4 rings (SSSR count). The molecule has 152 valence electrons. The Hall–Kier alpha value is -1.60. The number of Topliss-reactive ketones (excluding diaryl/α,β-unsaturated/α-hetero) is 1. The molecule has 2 saturated heterocycles. The van der Waals surface area contributed by atoms with E-state index < -0.39 is 12.1 Å². The fourth-order valence-corrected chi connectivity index (χ4v) is 4.16. The molecule has 0 aromatic heterocycles. The van der Waals surface area contributed by atoms with Crippen LogP contribution in [0.25, 0.3) is 0 Å². The number of morpholine rings is 1. The smallest absolute Gasteiger partial charge is 0.157 e. The van der Waals surface area contributed by atoms with E-state index in [9.17, 15) is 14.3 Å². The average Bonchev–Trinajstić information content (AvgIpc) is 3.56. The molecule has 0 amide bonds. The first-order valence-corrected chi connectivity index (χ1v) is 10.3. The first-order chi connectivity index (χ1) is 13.6. The van der Waals surface area contributed by atoms with Crippen LogP contribution < -0.4 is 0 Å². The van der Waals surface area contributed by atoms with E-state index in [-0.39, 0.29) is 17.5 Å². The summed E-state index contributed by atoms with van der Waals surface area (Å²) in [6.45, 7) is 5.12. The van der Waals surface area contributed by atoms with Crippen LogP contribution in [-0.4, -0.2) is 72.7 Å². The van der Waals surface area contributed by atoms with Crippen molar-refractivity contribution in [3.05, 3.63) is 47.3 Å². The van der Waals surface area contributed by atoms with Gasteiger partial charge >= 0.3 is 0 Å². The molecule has 1 N–H and O–H groups in total. The van der Waals surface area contributed by atoms with Gasteiger partial charge in [0.15, 0.2) is 5.78 Å². The van der Waals surface area contributed by atoms with Crippen molar-refractivity contribution in [3.8, 4) is 0 Å². The van der Waals surface area contributed by atoms with Crippen LogP contribution in [0, 0.1) is 11.7 Å². The Bertz CT molecular complexity index is 728. The van der Waals surface area contributed by atoms with Crippen molar-refractivity contribution >= 4 is 5.78 Å². The highest BCUT2D eigenvalue weighted by molar-refractivity contribution is 5.89. The summed E-state index contributed by atoms with van der Waals surface area (Å²) in [5, 5.41) is 10.5. The van der Waals surface area contributed by atoms with Crippen LogP contribution in [0.4, 0.5) is 4.39 Å². The molecule has 2 unspecified atom stereocenters. The lowest BCUT2D eigenvalue weighted by Gasteiger charge is -2.37. The van der Waals surface area contributed by atoms with Gasteiger partial charge in [0, 0.05) is 44.2 Å². The van der Waals surface area contributed by atoms with E-state index in [0.717, 1.165) is 51.3 Å². The number of piperidine rings is 1. The van der Waals surface area contributed by atoms with Crippen molar-refractivity contribution in [1.82, 2.24) is 9.80 Å². The number of rotatable bonds is 6. The second kappa shape index (κ2) is 8.82. The summed E-state index contributed by atoms with van der Waals surface area (Å²) in [4.78, 5) is 17.4. The maximum atomic E-state index is 14.5. The third kappa shape index (κ3) is 4.51. The molecule has 2 aliphatic heterocycles. The zero-order valence-corrected chi connectivity index (χ0v) is 16.2. The maximum Gasteiger partial charge on any atom is 0.157 e. The Morgan fingerprint density at radius 2 is 1.96 bits per heavy atom. The van der Waals surface area contributed by atoms with Crippen molar-refractivity contribution in [1.29, 1.82) is 0 Å². The fraction of sp³-hybridized carbons (Fsp3) is 0.591. The summed E-state index contributed by atoms with van der Waals surface area (Å²) in [6, 6.07) is 6.04. The topological polar surface area (TPSA) is 53.0 Å². The number of carbonyl (C=O) groups is 1. The largest absolute Gasteiger partial charge is 0.389 e. The third-order valence-corrected chi connectivity index (χ3v) is 6.03. The lowest BCUT2D eigenvalue weighted by molar-refractivity contribution is -0.126. The standard InChI is InChI=1S/C22H29FN2O3/c23-19-4-2-1-3-18(19)21(22(27)16-5-6-16)25-10-8-20(26)17(15-25)7-9-24-11-13-28-14-12-24/h1-4,7,16,20-21,26H,5-6,8-15H2/b17-7-. The monoisotopic (exact) mass is 388 g/mol. The van der Waals surface area contributed by atoms with Crippen molar-refractivity contribution in [2.75, 3.05) is 45.9 Å². The molecule has 1 aliphatic carbocycles. The number of ketones is 1. The quantitative estimate of drug-likeness (QED) is 0.757. The van der Waals surface area contributed by atoms with Gasteiger partial charge in [0.2, 0.25) is 0 Å². The molecule has 6 heteroatoms. The van der Waals surface area contributed by atoms with Crippen molar-refractivity contribution in [2.45, 2.75) is 31.4 Å². The van der Waals surface area contributed by atoms with Gasteiger partial charge in [-0.25, -0.2) is 4.39 Å². The van der Waals surface area contributed by atoms with E-state index in [4.69, 9.17) is 4.74 Å². The number of likely N-dealkylation sites (tertiary alicyclic amines) is 1. The summed E-state index contributed by atoms with van der Waals surface area (Å²) in [6.07, 6.45) is 3.97. The molecule has 1 saturated carbocycles. The first-order valence-electron chi connectivity index (χ1n) is 10.3. The number of aliphatic hydroxyl groups excluding tert-OH is 1. The van der Waals surface area contributed by atoms with E-state index in [1.165, 1.54) is 6.07 Å². The lowest BCUT2D eigenvalue weighted by Crippen LogP contribution is -2.44. The second-order valence-electron chi connectivity index (χ2n) is 8.07. The van der Waals surface area contributed by atoms with Crippen LogP contribution in [0.15, 0.2) is 35.9 Å². The van der Waals surface area contributed by atoms with E-state index >= 15 is 0 Å². The highest BCUT2D eigenvalue weighted by Crippen LogP contribution is 2.39. The number of carbonyl (C=O) groups excluding carboxylic acids is 1. The van der Waals surface area contributed by atoms with E-state index in [2.05, 4.69) is 15.9 Å². The second-order valence-corrected chi connectivity index (χ2v) is 8.07. The van der Waals surface area contributed by atoms with Crippen LogP contribution >= 0.6 is 0 Å². The SMILES string of the molecule is O=C(C1CC1)C(c1ccccc1F)N1CCC(O)/C(=C\CN2CCOCC2)C1. The normalized spacial score (nSPS) is 27.1. The van der Waals surface area contributed by atoms with Gasteiger partial charge in [-0.05, 0) is 30.9 Å². The molecule has 2 heterocycles. The third-order valence-electron chi connectivity index (χ3n) is 6.03. The lowest BCUT2D eigenvalue weighted by atomic mass is 9.92. The number of nitrogens with zero attached hydrogens (tertiary/aromatic N) is 2. The molecular weight excluding hydrogens is 359 g/mol. The Morgan fingerprint density at radius 1 is 1.21 bits per heavy atom. The number of halogens is 1. The van der Waals surface area contributed by atoms with E-state index in [0.29, 0.717) is 25.1 Å². The summed E-state index contributed by atoms with van der Waals surface area (Å²) in [5.41, 5.74) is 1.39. The van der Waals surface area contributed by atoms with Gasteiger partial charge in [0.05, 0.1) is 25.4 Å². The highest BCUT2D eigenvalue weighted by Gasteiger charge is 2.40. The van der Waals surface area contributed by atoms with Gasteiger partial charge in [-0.3, -0.25) is 14.6 Å². The average molecular weight is 388 g/mol. The molecule has 0 spiro atoms. The van der Waals surface area contributed by atoms with Crippen molar-refractivity contribution in [2.24, 2.45) is 5.92 Å². The number of hydrogen-bond acceptors (Lipinski definition) is 5. The Kier molecular flexibility index (Phi) is 6.21. The first kappa shape index (κ1) is 19.7. The van der Waals surface area contributed by atoms with Crippen molar-refractivity contribution in [3.63, 3.8) is 0 Å². The van der Waals surface area contributed by atoms with Crippen LogP contribution in [-0.2, 0) is 9.53 Å². The van der Waals surface area contributed by atoms with Crippen LogP contribution in [0.2, 0.25) is 0 Å². The Balaban J connectivity index is 1.53. The van der Waals surface area contributed by atoms with Crippen LogP contribution in [0.1, 0.15) is 30.9 Å². The fourth-order valence-electron chi connectivity index (χ4n) is 4.16. The van der Waals surface area contributed by atoms with Crippen molar-refractivity contribution < 1.29 is 19.0 Å². The predicted molar refractivity (Wildman–Crippen MR) is 104 cm³/mol. The number of aliphatic hydroxyl groups is 1. The van der Waals surface area contributed by atoms with Gasteiger partial charge in [-0.1, -0.05) is 24.3 Å². The van der Waals surface area contributed by atoms with Gasteiger partial charge < -0.3 is 9.84 Å². The summed E-state index contributed by atoms with van der Waals surface area (Å²) < 4.78 is 19.9. The van der Waals surface area contributed by atoms with E-state index in [1.54, 1.807) is 18.2 Å². The molecule has 1 aromatic rings. The zero-order chi connectivity index (χ0) is 19.5. The zero-order valence-electron chi connectivity index (χ0n) is 16.2. The van der Waals surface area contributed by atoms with Gasteiger partial charge in [0.25, 0.3) is 0 Å². The van der Waals surface area contributed by atoms with Crippen LogP contribution in [0.5, 0.6) is 0 Å². The Labute approximate surface area is 165 Å².